The first-order valence-corrected chi connectivity index (χ1v) is 5.57. The second kappa shape index (κ2) is 5.56. The summed E-state index contributed by atoms with van der Waals surface area (Å²) in [5.41, 5.74) is 1.43. The summed E-state index contributed by atoms with van der Waals surface area (Å²) in [5.74, 6) is -0.280. The number of halogens is 2. The number of alkyl halides is 2. The number of nitrogens with zero attached hydrogens (tertiary/aromatic N) is 1. The first-order valence-electron chi connectivity index (χ1n) is 5.57. The van der Waals surface area contributed by atoms with Crippen molar-refractivity contribution in [3.63, 3.8) is 0 Å². The molecule has 19 heavy (non-hydrogen) atoms. The Morgan fingerprint density at radius 2 is 1.84 bits per heavy atom. The summed E-state index contributed by atoms with van der Waals surface area (Å²) in [6, 6.07) is 7.52. The van der Waals surface area contributed by atoms with Gasteiger partial charge in [0.2, 0.25) is 0 Å². The summed E-state index contributed by atoms with van der Waals surface area (Å²) in [6.07, 6.45) is 3.00. The van der Waals surface area contributed by atoms with Crippen molar-refractivity contribution in [2.75, 3.05) is 0 Å². The molecule has 0 aliphatic rings. The number of ketones is 1. The van der Waals surface area contributed by atoms with E-state index in [1.165, 1.54) is 24.5 Å². The molecule has 0 fully saturated rings. The van der Waals surface area contributed by atoms with Gasteiger partial charge in [-0.3, -0.25) is 9.78 Å². The first kappa shape index (κ1) is 13.1. The number of ether oxygens (including phenoxy) is 1. The Hall–Kier alpha value is -2.30. The molecule has 0 aliphatic heterocycles. The van der Waals surface area contributed by atoms with E-state index in [1.807, 2.05) is 0 Å². The van der Waals surface area contributed by atoms with Crippen LogP contribution >= 0.6 is 0 Å². The van der Waals surface area contributed by atoms with Gasteiger partial charge in [-0.05, 0) is 42.8 Å². The van der Waals surface area contributed by atoms with Crippen LogP contribution < -0.4 is 4.74 Å². The standard InChI is InChI=1S/C14H11F2NO2/c1-9-6-11(8-12(7-9)19-14(15)16)13(18)10-2-4-17-5-3-10/h2-8,14H,1H3. The maximum atomic E-state index is 12.2. The van der Waals surface area contributed by atoms with Crippen LogP contribution in [0.15, 0.2) is 42.7 Å². The number of pyridine rings is 1. The molecule has 1 aromatic heterocycles. The lowest BCUT2D eigenvalue weighted by molar-refractivity contribution is -0.0499. The lowest BCUT2D eigenvalue weighted by Gasteiger charge is -2.08. The van der Waals surface area contributed by atoms with Crippen LogP contribution in [0.3, 0.4) is 0 Å². The van der Waals surface area contributed by atoms with Gasteiger partial charge in [-0.15, -0.1) is 0 Å². The van der Waals surface area contributed by atoms with Gasteiger partial charge in [-0.1, -0.05) is 0 Å². The summed E-state index contributed by atoms with van der Waals surface area (Å²) in [5, 5.41) is 0. The molecule has 0 unspecified atom stereocenters. The molecule has 0 saturated heterocycles. The predicted octanol–water partition coefficient (Wildman–Crippen LogP) is 3.22. The van der Waals surface area contributed by atoms with E-state index < -0.39 is 6.61 Å². The molecule has 0 aliphatic carbocycles. The smallest absolute Gasteiger partial charge is 0.387 e. The van der Waals surface area contributed by atoms with Gasteiger partial charge in [0.15, 0.2) is 5.78 Å². The maximum absolute atomic E-state index is 12.2. The van der Waals surface area contributed by atoms with Crippen molar-refractivity contribution in [2.45, 2.75) is 13.5 Å². The van der Waals surface area contributed by atoms with Gasteiger partial charge in [0.25, 0.3) is 0 Å². The largest absolute Gasteiger partial charge is 0.435 e. The predicted molar refractivity (Wildman–Crippen MR) is 65.5 cm³/mol. The molecule has 0 atom stereocenters. The van der Waals surface area contributed by atoms with Crippen LogP contribution in [-0.4, -0.2) is 17.4 Å². The molecule has 2 rings (SSSR count). The average Bonchev–Trinajstić information content (AvgIpc) is 2.37. The maximum Gasteiger partial charge on any atom is 0.387 e. The van der Waals surface area contributed by atoms with Crippen LogP contribution in [0, 0.1) is 6.92 Å². The molecular weight excluding hydrogens is 252 g/mol. The fourth-order valence-corrected chi connectivity index (χ4v) is 1.72. The number of hydrogen-bond acceptors (Lipinski definition) is 3. The van der Waals surface area contributed by atoms with Crippen molar-refractivity contribution in [3.05, 3.63) is 59.4 Å². The van der Waals surface area contributed by atoms with Gasteiger partial charge in [-0.25, -0.2) is 0 Å². The molecule has 1 heterocycles. The van der Waals surface area contributed by atoms with Crippen LogP contribution in [0.2, 0.25) is 0 Å². The summed E-state index contributed by atoms with van der Waals surface area (Å²) >= 11 is 0. The SMILES string of the molecule is Cc1cc(OC(F)F)cc(C(=O)c2ccncc2)c1. The van der Waals surface area contributed by atoms with Gasteiger partial charge < -0.3 is 4.74 Å². The van der Waals surface area contributed by atoms with Crippen LogP contribution in [0.5, 0.6) is 5.75 Å². The monoisotopic (exact) mass is 263 g/mol. The highest BCUT2D eigenvalue weighted by Gasteiger charge is 2.12. The molecule has 98 valence electrons. The molecule has 2 aromatic rings. The molecular formula is C14H11F2NO2. The number of benzene rings is 1. The van der Waals surface area contributed by atoms with Crippen LogP contribution in [0.25, 0.3) is 0 Å². The molecule has 0 amide bonds. The van der Waals surface area contributed by atoms with E-state index in [0.29, 0.717) is 16.7 Å². The van der Waals surface area contributed by atoms with Crippen molar-refractivity contribution >= 4 is 5.78 Å². The third-order valence-corrected chi connectivity index (χ3v) is 2.48. The zero-order chi connectivity index (χ0) is 13.8. The summed E-state index contributed by atoms with van der Waals surface area (Å²) < 4.78 is 28.7. The molecule has 0 bridgehead atoms. The van der Waals surface area contributed by atoms with Crippen molar-refractivity contribution < 1.29 is 18.3 Å². The van der Waals surface area contributed by atoms with Gasteiger partial charge in [0, 0.05) is 23.5 Å². The number of carbonyl (C=O) groups is 1. The van der Waals surface area contributed by atoms with Crippen molar-refractivity contribution in [3.8, 4) is 5.75 Å². The fraction of sp³-hybridized carbons (Fsp3) is 0.143. The number of carbonyl (C=O) groups excluding carboxylic acids is 1. The third-order valence-electron chi connectivity index (χ3n) is 2.48. The molecule has 0 saturated carbocycles. The minimum absolute atomic E-state index is 0.0209. The zero-order valence-corrected chi connectivity index (χ0v) is 10.1. The quantitative estimate of drug-likeness (QED) is 0.795. The van der Waals surface area contributed by atoms with E-state index in [-0.39, 0.29) is 11.5 Å². The molecule has 3 nitrogen and oxygen atoms in total. The molecule has 0 N–H and O–H groups in total. The minimum Gasteiger partial charge on any atom is -0.435 e. The zero-order valence-electron chi connectivity index (χ0n) is 10.1. The first-order chi connectivity index (χ1) is 9.06. The highest BCUT2D eigenvalue weighted by atomic mass is 19.3. The average molecular weight is 263 g/mol. The van der Waals surface area contributed by atoms with Crippen molar-refractivity contribution in [1.82, 2.24) is 4.98 Å². The lowest BCUT2D eigenvalue weighted by Crippen LogP contribution is -2.05. The summed E-state index contributed by atoms with van der Waals surface area (Å²) in [7, 11) is 0. The van der Waals surface area contributed by atoms with Gasteiger partial charge >= 0.3 is 6.61 Å². The Morgan fingerprint density at radius 1 is 1.16 bits per heavy atom. The van der Waals surface area contributed by atoms with E-state index in [2.05, 4.69) is 9.72 Å². The molecule has 0 spiro atoms. The Morgan fingerprint density at radius 3 is 2.47 bits per heavy atom. The van der Waals surface area contributed by atoms with E-state index in [4.69, 9.17) is 0 Å². The van der Waals surface area contributed by atoms with E-state index in [9.17, 15) is 13.6 Å². The Labute approximate surface area is 108 Å². The van der Waals surface area contributed by atoms with E-state index in [1.54, 1.807) is 25.1 Å². The lowest BCUT2D eigenvalue weighted by atomic mass is 10.0. The number of aromatic nitrogens is 1. The van der Waals surface area contributed by atoms with Gasteiger partial charge in [0.05, 0.1) is 0 Å². The van der Waals surface area contributed by atoms with Crippen molar-refractivity contribution in [2.24, 2.45) is 0 Å². The highest BCUT2D eigenvalue weighted by molar-refractivity contribution is 6.09. The third kappa shape index (κ3) is 3.34. The normalized spacial score (nSPS) is 10.5. The Balaban J connectivity index is 2.34. The van der Waals surface area contributed by atoms with E-state index >= 15 is 0 Å². The molecule has 5 heteroatoms. The topological polar surface area (TPSA) is 39.2 Å². The minimum atomic E-state index is -2.91. The highest BCUT2D eigenvalue weighted by Crippen LogP contribution is 2.21. The van der Waals surface area contributed by atoms with Gasteiger partial charge in [-0.2, -0.15) is 8.78 Å². The van der Waals surface area contributed by atoms with Crippen LogP contribution in [0.4, 0.5) is 8.78 Å². The molecule has 1 aromatic carbocycles. The second-order valence-electron chi connectivity index (χ2n) is 3.98. The fourth-order valence-electron chi connectivity index (χ4n) is 1.72. The van der Waals surface area contributed by atoms with E-state index in [0.717, 1.165) is 0 Å². The summed E-state index contributed by atoms with van der Waals surface area (Å²) in [4.78, 5) is 16.0. The molecule has 0 radical (unpaired) electrons. The second-order valence-corrected chi connectivity index (χ2v) is 3.98. The van der Waals surface area contributed by atoms with Crippen LogP contribution in [-0.2, 0) is 0 Å². The van der Waals surface area contributed by atoms with Crippen LogP contribution in [0.1, 0.15) is 21.5 Å². The number of aryl methyl sites for hydroxylation is 1. The Kier molecular flexibility index (Phi) is 3.85. The number of hydrogen-bond donors (Lipinski definition) is 0. The summed E-state index contributed by atoms with van der Waals surface area (Å²) in [6.45, 7) is -1.20. The number of rotatable bonds is 4. The Bertz CT molecular complexity index is 585. The van der Waals surface area contributed by atoms with Gasteiger partial charge in [0.1, 0.15) is 5.75 Å². The van der Waals surface area contributed by atoms with Crippen molar-refractivity contribution in [1.29, 1.82) is 0 Å².